The van der Waals surface area contributed by atoms with Crippen molar-refractivity contribution in [1.82, 2.24) is 30.6 Å². The largest absolute Gasteiger partial charge is 0.299 e. The molecule has 8 atom stereocenters. The van der Waals surface area contributed by atoms with E-state index in [1.165, 1.54) is 63.6 Å². The second-order valence-electron chi connectivity index (χ2n) is 14.0. The molecule has 0 amide bonds. The fourth-order valence-corrected chi connectivity index (χ4v) is 8.45. The van der Waals surface area contributed by atoms with Crippen LogP contribution in [0, 0.1) is 17.3 Å². The Kier molecular flexibility index (Phi) is 8.89. The number of hydrogen-bond donors (Lipinski definition) is 4. The standard InChI is InChI=1S/C30H52N6S/c1-29(2,3)25-15-13-22-19-32-37-27-11-8-10-26(35-27)33-24(17-23-9-6-7-16-31-23)14-12-21-18-30(4,5)36(20-21)28(22)34-25/h6-7,9,16,21-22,24-28,32-35H,8,10-15,17-20H2,1-5H3/t21-,22?,24?,25?,26?,27?,28?/m0/s1. The number of hydrogen-bond acceptors (Lipinski definition) is 7. The molecule has 37 heavy (non-hydrogen) atoms. The van der Waals surface area contributed by atoms with Crippen molar-refractivity contribution in [2.75, 3.05) is 13.1 Å². The van der Waals surface area contributed by atoms with Gasteiger partial charge in [-0.15, -0.1) is 0 Å². The Morgan fingerprint density at radius 2 is 1.89 bits per heavy atom. The predicted molar refractivity (Wildman–Crippen MR) is 156 cm³/mol. The van der Waals surface area contributed by atoms with Gasteiger partial charge in [-0.25, -0.2) is 0 Å². The molecule has 0 aliphatic carbocycles. The highest BCUT2D eigenvalue weighted by molar-refractivity contribution is 7.98. The molecule has 6 nitrogen and oxygen atoms in total. The normalized spacial score (nSPS) is 39.3. The number of rotatable bonds is 2. The predicted octanol–water partition coefficient (Wildman–Crippen LogP) is 4.88. The van der Waals surface area contributed by atoms with Gasteiger partial charge in [-0.2, -0.15) is 0 Å². The minimum Gasteiger partial charge on any atom is -0.299 e. The number of nitrogens with zero attached hydrogens (tertiary/aromatic N) is 2. The topological polar surface area (TPSA) is 64.2 Å². The van der Waals surface area contributed by atoms with Crippen LogP contribution in [0.4, 0.5) is 0 Å². The van der Waals surface area contributed by atoms with Crippen molar-refractivity contribution in [2.24, 2.45) is 17.3 Å². The van der Waals surface area contributed by atoms with E-state index in [0.29, 0.717) is 41.1 Å². The monoisotopic (exact) mass is 528 g/mol. The van der Waals surface area contributed by atoms with Crippen LogP contribution in [0.1, 0.15) is 91.7 Å². The first-order valence-corrected chi connectivity index (χ1v) is 15.9. The summed E-state index contributed by atoms with van der Waals surface area (Å²) in [5, 5.41) is 12.6. The molecule has 1 aromatic heterocycles. The fraction of sp³-hybridized carbons (Fsp3) is 0.833. The third kappa shape index (κ3) is 7.09. The van der Waals surface area contributed by atoms with E-state index in [4.69, 9.17) is 0 Å². The molecular formula is C30H52N6S. The maximum Gasteiger partial charge on any atom is 0.0690 e. The van der Waals surface area contributed by atoms with Gasteiger partial charge >= 0.3 is 0 Å². The Hall–Kier alpha value is -0.700. The van der Waals surface area contributed by atoms with Crippen molar-refractivity contribution < 1.29 is 0 Å². The lowest BCUT2D eigenvalue weighted by atomic mass is 9.78. The Morgan fingerprint density at radius 3 is 2.68 bits per heavy atom. The van der Waals surface area contributed by atoms with E-state index in [0.717, 1.165) is 18.9 Å². The Labute approximate surface area is 230 Å². The smallest absolute Gasteiger partial charge is 0.0690 e. The van der Waals surface area contributed by atoms with Gasteiger partial charge < -0.3 is 0 Å². The van der Waals surface area contributed by atoms with E-state index in [1.807, 2.05) is 24.2 Å². The minimum atomic E-state index is 0.229. The van der Waals surface area contributed by atoms with Crippen molar-refractivity contribution in [1.29, 1.82) is 0 Å². The Bertz CT molecular complexity index is 857. The molecule has 5 heterocycles. The van der Waals surface area contributed by atoms with Gasteiger partial charge in [-0.3, -0.25) is 30.6 Å². The molecule has 7 heteroatoms. The second-order valence-corrected chi connectivity index (χ2v) is 15.1. The Balaban J connectivity index is 1.36. The van der Waals surface area contributed by atoms with Crippen LogP contribution in [-0.4, -0.2) is 58.3 Å². The first-order valence-electron chi connectivity index (χ1n) is 15.0. The average molecular weight is 529 g/mol. The zero-order valence-electron chi connectivity index (χ0n) is 23.9. The van der Waals surface area contributed by atoms with Crippen molar-refractivity contribution in [3.05, 3.63) is 30.1 Å². The van der Waals surface area contributed by atoms with Crippen molar-refractivity contribution in [3.8, 4) is 0 Å². The molecule has 0 spiro atoms. The summed E-state index contributed by atoms with van der Waals surface area (Å²) in [4.78, 5) is 7.54. The minimum absolute atomic E-state index is 0.229. The summed E-state index contributed by atoms with van der Waals surface area (Å²) in [6.07, 6.45) is 13.9. The van der Waals surface area contributed by atoms with Crippen molar-refractivity contribution in [3.63, 3.8) is 0 Å². The molecule has 5 rings (SSSR count). The number of aromatic nitrogens is 1. The molecule has 4 saturated heterocycles. The maximum atomic E-state index is 4.67. The zero-order valence-corrected chi connectivity index (χ0v) is 24.7. The number of pyridine rings is 1. The summed E-state index contributed by atoms with van der Waals surface area (Å²) in [7, 11) is 0. The summed E-state index contributed by atoms with van der Waals surface area (Å²) in [5.74, 6) is 1.39. The summed E-state index contributed by atoms with van der Waals surface area (Å²) in [6.45, 7) is 14.5. The highest BCUT2D eigenvalue weighted by Gasteiger charge is 2.47. The van der Waals surface area contributed by atoms with Crippen LogP contribution in [0.3, 0.4) is 0 Å². The summed E-state index contributed by atoms with van der Waals surface area (Å²) in [5.41, 5.74) is 1.72. The molecule has 0 aromatic carbocycles. The van der Waals surface area contributed by atoms with E-state index >= 15 is 0 Å². The van der Waals surface area contributed by atoms with Crippen LogP contribution in [0.25, 0.3) is 0 Å². The number of nitrogens with one attached hydrogen (secondary N) is 4. The van der Waals surface area contributed by atoms with Crippen LogP contribution >= 0.6 is 11.9 Å². The van der Waals surface area contributed by atoms with Crippen LogP contribution in [0.5, 0.6) is 0 Å². The molecule has 7 unspecified atom stereocenters. The van der Waals surface area contributed by atoms with Gasteiger partial charge in [0.1, 0.15) is 0 Å². The van der Waals surface area contributed by atoms with E-state index in [9.17, 15) is 0 Å². The molecule has 4 fully saturated rings. The van der Waals surface area contributed by atoms with E-state index in [1.54, 1.807) is 0 Å². The maximum absolute atomic E-state index is 4.67. The lowest BCUT2D eigenvalue weighted by Gasteiger charge is -2.50. The van der Waals surface area contributed by atoms with Gasteiger partial charge in [0.2, 0.25) is 0 Å². The summed E-state index contributed by atoms with van der Waals surface area (Å²) >= 11 is 1.93. The third-order valence-corrected chi connectivity index (χ3v) is 10.5. The lowest BCUT2D eigenvalue weighted by molar-refractivity contribution is 0.00552. The third-order valence-electron chi connectivity index (χ3n) is 9.51. The highest BCUT2D eigenvalue weighted by atomic mass is 32.2. The lowest BCUT2D eigenvalue weighted by Crippen LogP contribution is -2.63. The van der Waals surface area contributed by atoms with Crippen LogP contribution in [-0.2, 0) is 6.42 Å². The first kappa shape index (κ1) is 27.9. The zero-order chi connectivity index (χ0) is 26.0. The van der Waals surface area contributed by atoms with Gasteiger partial charge in [-0.05, 0) is 88.7 Å². The molecule has 4 aliphatic rings. The van der Waals surface area contributed by atoms with Crippen molar-refractivity contribution in [2.45, 2.75) is 128 Å². The van der Waals surface area contributed by atoms with Gasteiger partial charge in [0.05, 0.1) is 17.7 Å². The number of piperidine rings is 2. The molecule has 4 N–H and O–H groups in total. The SMILES string of the molecule is CC(C)(C)C1CCC2CNSC3CCCC(NC(Cc4ccccn4)CC[C@@H]4CN(C2N1)C(C)(C)C4)N3. The molecule has 0 saturated carbocycles. The van der Waals surface area contributed by atoms with E-state index in [2.05, 4.69) is 77.3 Å². The van der Waals surface area contributed by atoms with Crippen LogP contribution in [0.15, 0.2) is 24.4 Å². The first-order chi connectivity index (χ1) is 17.7. The molecule has 0 radical (unpaired) electrons. The average Bonchev–Trinajstić information content (AvgIpc) is 3.16. The van der Waals surface area contributed by atoms with Gasteiger partial charge in [0.25, 0.3) is 0 Å². The van der Waals surface area contributed by atoms with Gasteiger partial charge in [0, 0.05) is 54.9 Å². The van der Waals surface area contributed by atoms with Crippen LogP contribution in [0.2, 0.25) is 0 Å². The second kappa shape index (κ2) is 11.8. The quantitative estimate of drug-likeness (QED) is 0.408. The van der Waals surface area contributed by atoms with E-state index < -0.39 is 0 Å². The highest BCUT2D eigenvalue weighted by Crippen LogP contribution is 2.41. The van der Waals surface area contributed by atoms with Crippen molar-refractivity contribution >= 4 is 11.9 Å². The van der Waals surface area contributed by atoms with Gasteiger partial charge in [0.15, 0.2) is 0 Å². The Morgan fingerprint density at radius 1 is 1.03 bits per heavy atom. The number of fused-ring (bicyclic) bond motifs is 6. The summed E-state index contributed by atoms with van der Waals surface area (Å²) in [6, 6.07) is 7.37. The summed E-state index contributed by atoms with van der Waals surface area (Å²) < 4.78 is 3.85. The fourth-order valence-electron chi connectivity index (χ4n) is 7.42. The molecule has 208 valence electrons. The molecule has 1 aromatic rings. The van der Waals surface area contributed by atoms with E-state index in [-0.39, 0.29) is 5.54 Å². The van der Waals surface area contributed by atoms with Gasteiger partial charge in [-0.1, -0.05) is 38.8 Å². The van der Waals surface area contributed by atoms with Crippen LogP contribution < -0.4 is 20.7 Å². The molecule has 4 aliphatic heterocycles. The molecular weight excluding hydrogens is 476 g/mol. The molecule has 4 bridgehead atoms.